The number of aliphatic carboxylic acids is 1. The third kappa shape index (κ3) is 4.04. The van der Waals surface area contributed by atoms with E-state index in [1.165, 1.54) is 16.2 Å². The average Bonchev–Trinajstić information content (AvgIpc) is 3.41. The molecule has 3 aliphatic rings. The average molecular weight is 431 g/mol. The number of thiophene rings is 1. The summed E-state index contributed by atoms with van der Waals surface area (Å²) >= 11 is 1.49. The molecule has 0 saturated heterocycles. The van der Waals surface area contributed by atoms with Gasteiger partial charge in [0.1, 0.15) is 5.00 Å². The molecular formula is C23H30N2O4S. The number of amides is 2. The minimum Gasteiger partial charge on any atom is -0.481 e. The van der Waals surface area contributed by atoms with Crippen LogP contribution in [-0.2, 0) is 22.4 Å². The van der Waals surface area contributed by atoms with Crippen LogP contribution in [-0.4, -0.2) is 28.9 Å². The zero-order valence-corrected chi connectivity index (χ0v) is 18.5. The Morgan fingerprint density at radius 2 is 1.63 bits per heavy atom. The minimum absolute atomic E-state index is 0.0954. The summed E-state index contributed by atoms with van der Waals surface area (Å²) in [5.41, 5.74) is 3.81. The molecule has 1 aromatic rings. The van der Waals surface area contributed by atoms with Crippen molar-refractivity contribution in [2.75, 3.05) is 5.32 Å². The van der Waals surface area contributed by atoms with Gasteiger partial charge >= 0.3 is 5.97 Å². The molecule has 0 spiro atoms. The molecule has 162 valence electrons. The highest BCUT2D eigenvalue weighted by Gasteiger charge is 2.38. The molecular weight excluding hydrogens is 400 g/mol. The van der Waals surface area contributed by atoms with E-state index in [1.807, 2.05) is 13.8 Å². The van der Waals surface area contributed by atoms with Crippen LogP contribution < -0.4 is 10.6 Å². The first-order chi connectivity index (χ1) is 14.3. The van der Waals surface area contributed by atoms with Gasteiger partial charge in [0.15, 0.2) is 0 Å². The zero-order chi connectivity index (χ0) is 21.4. The van der Waals surface area contributed by atoms with E-state index < -0.39 is 17.8 Å². The highest BCUT2D eigenvalue weighted by Crippen LogP contribution is 2.41. The molecule has 0 radical (unpaired) electrons. The number of hydrogen-bond acceptors (Lipinski definition) is 4. The monoisotopic (exact) mass is 430 g/mol. The van der Waals surface area contributed by atoms with Gasteiger partial charge in [0, 0.05) is 10.9 Å². The smallest absolute Gasteiger partial charge is 0.307 e. The SMILES string of the molecule is CC1=C(C)C[C@@H](C(=O)Nc2sc3c(c2C(=O)NC2CCCC2)CCC3)[C@@H](C(=O)O)C1. The molecule has 30 heavy (non-hydrogen) atoms. The van der Waals surface area contributed by atoms with E-state index in [0.717, 1.165) is 61.7 Å². The fraction of sp³-hybridized carbons (Fsp3) is 0.609. The quantitative estimate of drug-likeness (QED) is 0.607. The fourth-order valence-corrected chi connectivity index (χ4v) is 6.38. The summed E-state index contributed by atoms with van der Waals surface area (Å²) in [4.78, 5) is 39.2. The van der Waals surface area contributed by atoms with Crippen molar-refractivity contribution in [3.63, 3.8) is 0 Å². The van der Waals surface area contributed by atoms with Crippen molar-refractivity contribution >= 4 is 34.1 Å². The Balaban J connectivity index is 1.57. The molecule has 4 rings (SSSR count). The summed E-state index contributed by atoms with van der Waals surface area (Å²) in [6.07, 6.45) is 7.96. The van der Waals surface area contributed by atoms with Crippen molar-refractivity contribution in [1.29, 1.82) is 0 Å². The lowest BCUT2D eigenvalue weighted by atomic mass is 9.76. The number of carboxylic acids is 1. The van der Waals surface area contributed by atoms with Gasteiger partial charge in [0.05, 0.1) is 17.4 Å². The predicted octanol–water partition coefficient (Wildman–Crippen LogP) is 4.29. The number of allylic oxidation sites excluding steroid dienone is 2. The molecule has 1 fully saturated rings. The van der Waals surface area contributed by atoms with E-state index in [2.05, 4.69) is 10.6 Å². The van der Waals surface area contributed by atoms with Gasteiger partial charge in [-0.1, -0.05) is 24.0 Å². The molecule has 0 unspecified atom stereocenters. The Labute approximate surface area is 181 Å². The summed E-state index contributed by atoms with van der Waals surface area (Å²) in [7, 11) is 0. The van der Waals surface area contributed by atoms with Crippen LogP contribution in [0, 0.1) is 11.8 Å². The third-order valence-corrected chi connectivity index (χ3v) is 8.20. The van der Waals surface area contributed by atoms with E-state index in [1.54, 1.807) is 0 Å². The first-order valence-electron chi connectivity index (χ1n) is 11.0. The van der Waals surface area contributed by atoms with Crippen molar-refractivity contribution in [2.24, 2.45) is 11.8 Å². The maximum atomic E-state index is 13.2. The van der Waals surface area contributed by atoms with Gasteiger partial charge in [-0.15, -0.1) is 11.3 Å². The lowest BCUT2D eigenvalue weighted by molar-refractivity contribution is -0.146. The van der Waals surface area contributed by atoms with Crippen LogP contribution in [0.2, 0.25) is 0 Å². The molecule has 1 heterocycles. The number of carboxylic acid groups (broad SMARTS) is 1. The Kier molecular flexibility index (Phi) is 6.00. The largest absolute Gasteiger partial charge is 0.481 e. The lowest BCUT2D eigenvalue weighted by Gasteiger charge is -2.29. The van der Waals surface area contributed by atoms with Gasteiger partial charge in [0.25, 0.3) is 5.91 Å². The van der Waals surface area contributed by atoms with E-state index >= 15 is 0 Å². The molecule has 0 aromatic carbocycles. The van der Waals surface area contributed by atoms with Crippen LogP contribution in [0.3, 0.4) is 0 Å². The number of carbonyl (C=O) groups is 3. The fourth-order valence-electron chi connectivity index (χ4n) is 5.09. The molecule has 3 N–H and O–H groups in total. The summed E-state index contributed by atoms with van der Waals surface area (Å²) in [5.74, 6) is -2.66. The van der Waals surface area contributed by atoms with E-state index in [4.69, 9.17) is 0 Å². The van der Waals surface area contributed by atoms with Crippen LogP contribution in [0.5, 0.6) is 0 Å². The van der Waals surface area contributed by atoms with Gasteiger partial charge in [-0.05, 0) is 64.4 Å². The number of hydrogen-bond donors (Lipinski definition) is 3. The van der Waals surface area contributed by atoms with Gasteiger partial charge in [-0.3, -0.25) is 14.4 Å². The van der Waals surface area contributed by atoms with Crippen molar-refractivity contribution in [2.45, 2.75) is 77.7 Å². The zero-order valence-electron chi connectivity index (χ0n) is 17.7. The number of nitrogens with one attached hydrogen (secondary N) is 2. The molecule has 1 saturated carbocycles. The second kappa shape index (κ2) is 8.53. The van der Waals surface area contributed by atoms with E-state index in [9.17, 15) is 19.5 Å². The highest BCUT2D eigenvalue weighted by molar-refractivity contribution is 7.17. The van der Waals surface area contributed by atoms with Crippen molar-refractivity contribution in [3.8, 4) is 0 Å². The maximum absolute atomic E-state index is 13.2. The molecule has 0 aliphatic heterocycles. The summed E-state index contributed by atoms with van der Waals surface area (Å²) < 4.78 is 0. The van der Waals surface area contributed by atoms with Crippen LogP contribution in [0.4, 0.5) is 5.00 Å². The number of fused-ring (bicyclic) bond motifs is 1. The summed E-state index contributed by atoms with van der Waals surface area (Å²) in [5, 5.41) is 16.4. The van der Waals surface area contributed by atoms with Crippen molar-refractivity contribution in [3.05, 3.63) is 27.2 Å². The van der Waals surface area contributed by atoms with Gasteiger partial charge < -0.3 is 15.7 Å². The van der Waals surface area contributed by atoms with Gasteiger partial charge in [0.2, 0.25) is 5.91 Å². The number of carbonyl (C=O) groups excluding carboxylic acids is 2. The van der Waals surface area contributed by atoms with Crippen LogP contribution in [0.1, 0.15) is 79.6 Å². The van der Waals surface area contributed by atoms with Gasteiger partial charge in [-0.2, -0.15) is 0 Å². The molecule has 2 amide bonds. The molecule has 0 bridgehead atoms. The Bertz CT molecular complexity index is 911. The second-order valence-electron chi connectivity index (χ2n) is 9.03. The third-order valence-electron chi connectivity index (χ3n) is 7.00. The molecule has 2 atom stereocenters. The number of rotatable bonds is 5. The standard InChI is InChI=1S/C23H30N2O4S/c1-12-10-16(17(23(28)29)11-13(12)2)20(26)25-22-19(15-8-5-9-18(15)30-22)21(27)24-14-6-3-4-7-14/h14,16-17H,3-11H2,1-2H3,(H,24,27)(H,25,26)(H,28,29)/t16-,17+/m1/s1. The summed E-state index contributed by atoms with van der Waals surface area (Å²) in [6, 6.07) is 0.212. The predicted molar refractivity (Wildman–Crippen MR) is 117 cm³/mol. The molecule has 7 heteroatoms. The van der Waals surface area contributed by atoms with Crippen molar-refractivity contribution in [1.82, 2.24) is 5.32 Å². The first-order valence-corrected chi connectivity index (χ1v) is 11.8. The molecule has 6 nitrogen and oxygen atoms in total. The Hall–Kier alpha value is -2.15. The Morgan fingerprint density at radius 3 is 2.30 bits per heavy atom. The normalized spacial score (nSPS) is 24.1. The maximum Gasteiger partial charge on any atom is 0.307 e. The number of anilines is 1. The summed E-state index contributed by atoms with van der Waals surface area (Å²) in [6.45, 7) is 3.91. The Morgan fingerprint density at radius 1 is 0.967 bits per heavy atom. The first kappa shape index (κ1) is 21.1. The van der Waals surface area contributed by atoms with Crippen LogP contribution in [0.15, 0.2) is 11.1 Å². The molecule has 3 aliphatic carbocycles. The highest BCUT2D eigenvalue weighted by atomic mass is 32.1. The van der Waals surface area contributed by atoms with E-state index in [-0.39, 0.29) is 17.9 Å². The second-order valence-corrected chi connectivity index (χ2v) is 10.1. The molecule has 1 aromatic heterocycles. The van der Waals surface area contributed by atoms with Crippen molar-refractivity contribution < 1.29 is 19.5 Å². The van der Waals surface area contributed by atoms with Crippen LogP contribution >= 0.6 is 11.3 Å². The van der Waals surface area contributed by atoms with Crippen LogP contribution in [0.25, 0.3) is 0 Å². The lowest BCUT2D eigenvalue weighted by Crippen LogP contribution is -2.37. The minimum atomic E-state index is -0.935. The van der Waals surface area contributed by atoms with Gasteiger partial charge in [-0.25, -0.2) is 0 Å². The topological polar surface area (TPSA) is 95.5 Å². The number of aryl methyl sites for hydroxylation is 1. The van der Waals surface area contributed by atoms with E-state index in [0.29, 0.717) is 23.4 Å².